The summed E-state index contributed by atoms with van der Waals surface area (Å²) in [6.45, 7) is 4.13. The number of aromatic nitrogens is 4. The lowest BCUT2D eigenvalue weighted by molar-refractivity contribution is 0.0741. The van der Waals surface area contributed by atoms with Crippen LogP contribution in [-0.2, 0) is 0 Å². The Balaban J connectivity index is 0.00000169. The minimum Gasteiger partial charge on any atom is -0.336 e. The third-order valence-corrected chi connectivity index (χ3v) is 4.27. The lowest BCUT2D eigenvalue weighted by atomic mass is 10.1. The Hall–Kier alpha value is -2.22. The fraction of sp³-hybridized carbons (Fsp3) is 0.294. The van der Waals surface area contributed by atoms with Gasteiger partial charge in [-0.15, -0.1) is 29.9 Å². The highest BCUT2D eigenvalue weighted by atomic mass is 35.5. The summed E-state index contributed by atoms with van der Waals surface area (Å²) < 4.78 is 1.68. The van der Waals surface area contributed by atoms with Crippen LogP contribution in [0.4, 0.5) is 0 Å². The predicted molar refractivity (Wildman–Crippen MR) is 107 cm³/mol. The molecule has 3 aromatic rings. The smallest absolute Gasteiger partial charge is 0.276 e. The number of rotatable bonds is 4. The average molecular weight is 397 g/mol. The lowest BCUT2D eigenvalue weighted by Gasteiger charge is -2.22. The zero-order valence-electron chi connectivity index (χ0n) is 14.8. The van der Waals surface area contributed by atoms with Gasteiger partial charge in [-0.25, -0.2) is 4.68 Å². The van der Waals surface area contributed by atoms with Crippen LogP contribution in [0.5, 0.6) is 0 Å². The molecule has 0 saturated heterocycles. The number of pyridine rings is 1. The van der Waals surface area contributed by atoms with Gasteiger partial charge < -0.3 is 10.6 Å². The summed E-state index contributed by atoms with van der Waals surface area (Å²) in [7, 11) is 1.72. The van der Waals surface area contributed by atoms with Crippen LogP contribution in [0.25, 0.3) is 16.6 Å². The molecule has 0 radical (unpaired) electrons. The Labute approximate surface area is 164 Å². The van der Waals surface area contributed by atoms with Gasteiger partial charge in [-0.3, -0.25) is 9.78 Å². The summed E-state index contributed by atoms with van der Waals surface area (Å²) in [6.07, 6.45) is 1.75. The van der Waals surface area contributed by atoms with E-state index in [1.807, 2.05) is 44.2 Å². The van der Waals surface area contributed by atoms with Gasteiger partial charge in [0.1, 0.15) is 0 Å². The second-order valence-corrected chi connectivity index (χ2v) is 5.78. The van der Waals surface area contributed by atoms with E-state index in [-0.39, 0.29) is 36.8 Å². The maximum Gasteiger partial charge on any atom is 0.276 e. The van der Waals surface area contributed by atoms with Crippen molar-refractivity contribution in [3.8, 4) is 5.69 Å². The molecule has 7 nitrogen and oxygen atoms in total. The first kappa shape index (κ1) is 21.8. The number of hydrogen-bond acceptors (Lipinski definition) is 5. The van der Waals surface area contributed by atoms with Crippen LogP contribution in [0.2, 0.25) is 0 Å². The summed E-state index contributed by atoms with van der Waals surface area (Å²) in [4.78, 5) is 18.6. The van der Waals surface area contributed by atoms with Gasteiger partial charge in [0.15, 0.2) is 5.69 Å². The monoisotopic (exact) mass is 396 g/mol. The van der Waals surface area contributed by atoms with Crippen molar-refractivity contribution < 1.29 is 4.79 Å². The second-order valence-electron chi connectivity index (χ2n) is 5.78. The first-order chi connectivity index (χ1) is 11.5. The lowest BCUT2D eigenvalue weighted by Crippen LogP contribution is -2.40. The normalized spacial score (nSPS) is 11.4. The standard InChI is InChI=1S/C17H20N6O.2ClH/c1-11(10-18)22(3)17(24)16-12(2)23(21-20-16)15-8-4-7-14-13(15)6-5-9-19-14;;/h4-9,11H,10,18H2,1-3H3;2*1H. The maximum absolute atomic E-state index is 12.6. The molecule has 1 atom stereocenters. The largest absolute Gasteiger partial charge is 0.336 e. The van der Waals surface area contributed by atoms with E-state index in [2.05, 4.69) is 15.3 Å². The predicted octanol–water partition coefficient (Wildman–Crippen LogP) is 2.39. The number of nitrogens with zero attached hydrogens (tertiary/aromatic N) is 5. The molecule has 0 aliphatic heterocycles. The fourth-order valence-electron chi connectivity index (χ4n) is 2.55. The number of nitrogens with two attached hydrogens (primary N) is 1. The molecule has 1 unspecified atom stereocenters. The SMILES string of the molecule is Cc1c(C(=O)N(C)C(C)CN)nnn1-c1cccc2ncccc12.Cl.Cl. The molecular formula is C17H22Cl2N6O. The van der Waals surface area contributed by atoms with Crippen LogP contribution in [0.15, 0.2) is 36.5 Å². The van der Waals surface area contributed by atoms with Crippen LogP contribution in [-0.4, -0.2) is 50.4 Å². The second kappa shape index (κ2) is 8.93. The molecule has 3 rings (SSSR count). The van der Waals surface area contributed by atoms with Crippen molar-refractivity contribution in [1.82, 2.24) is 24.9 Å². The number of likely N-dealkylation sites (N-methyl/N-ethyl adjacent to an activating group) is 1. The van der Waals surface area contributed by atoms with Gasteiger partial charge in [0.2, 0.25) is 0 Å². The molecule has 0 fully saturated rings. The van der Waals surface area contributed by atoms with E-state index >= 15 is 0 Å². The molecule has 0 aliphatic carbocycles. The van der Waals surface area contributed by atoms with Crippen molar-refractivity contribution in [2.45, 2.75) is 19.9 Å². The Kier molecular flexibility index (Phi) is 7.50. The molecule has 1 amide bonds. The van der Waals surface area contributed by atoms with Crippen LogP contribution in [0, 0.1) is 6.92 Å². The molecule has 2 aromatic heterocycles. The van der Waals surface area contributed by atoms with E-state index in [1.54, 1.807) is 22.8 Å². The highest BCUT2D eigenvalue weighted by Crippen LogP contribution is 2.22. The van der Waals surface area contributed by atoms with Gasteiger partial charge in [0.05, 0.1) is 16.9 Å². The molecule has 0 spiro atoms. The van der Waals surface area contributed by atoms with Crippen LogP contribution in [0.3, 0.4) is 0 Å². The molecule has 2 N–H and O–H groups in total. The van der Waals surface area contributed by atoms with Crippen molar-refractivity contribution in [3.05, 3.63) is 47.9 Å². The first-order valence-electron chi connectivity index (χ1n) is 7.78. The van der Waals surface area contributed by atoms with Gasteiger partial charge in [-0.2, -0.15) is 0 Å². The molecule has 1 aromatic carbocycles. The quantitative estimate of drug-likeness (QED) is 0.730. The Morgan fingerprint density at radius 1 is 1.27 bits per heavy atom. The van der Waals surface area contributed by atoms with Crippen molar-refractivity contribution in [2.24, 2.45) is 5.73 Å². The number of halogens is 2. The highest BCUT2D eigenvalue weighted by molar-refractivity contribution is 5.94. The summed E-state index contributed by atoms with van der Waals surface area (Å²) >= 11 is 0. The topological polar surface area (TPSA) is 89.9 Å². The molecule has 0 saturated carbocycles. The van der Waals surface area contributed by atoms with Gasteiger partial charge in [-0.1, -0.05) is 11.3 Å². The van der Waals surface area contributed by atoms with Crippen molar-refractivity contribution in [3.63, 3.8) is 0 Å². The number of benzene rings is 1. The van der Waals surface area contributed by atoms with Crippen molar-refractivity contribution in [1.29, 1.82) is 0 Å². The molecular weight excluding hydrogens is 375 g/mol. The molecule has 9 heteroatoms. The van der Waals surface area contributed by atoms with Crippen LogP contribution >= 0.6 is 24.8 Å². The summed E-state index contributed by atoms with van der Waals surface area (Å²) in [5.41, 5.74) is 8.38. The maximum atomic E-state index is 12.6. The van der Waals surface area contributed by atoms with E-state index in [9.17, 15) is 4.79 Å². The molecule has 140 valence electrons. The van der Waals surface area contributed by atoms with E-state index in [4.69, 9.17) is 5.73 Å². The summed E-state index contributed by atoms with van der Waals surface area (Å²) in [5, 5.41) is 9.24. The zero-order valence-corrected chi connectivity index (χ0v) is 16.4. The van der Waals surface area contributed by atoms with E-state index in [1.165, 1.54) is 0 Å². The summed E-state index contributed by atoms with van der Waals surface area (Å²) in [6, 6.07) is 9.57. The molecule has 0 bridgehead atoms. The third-order valence-electron chi connectivity index (χ3n) is 4.27. The van der Waals surface area contributed by atoms with Crippen LogP contribution in [0.1, 0.15) is 23.1 Å². The first-order valence-corrected chi connectivity index (χ1v) is 7.78. The minimum atomic E-state index is -0.185. The average Bonchev–Trinajstić information content (AvgIpc) is 3.00. The third kappa shape index (κ3) is 3.80. The van der Waals surface area contributed by atoms with Crippen molar-refractivity contribution >= 4 is 41.6 Å². The van der Waals surface area contributed by atoms with Gasteiger partial charge in [0.25, 0.3) is 5.91 Å². The van der Waals surface area contributed by atoms with E-state index in [0.29, 0.717) is 17.9 Å². The Morgan fingerprint density at radius 3 is 2.69 bits per heavy atom. The number of carbonyl (C=O) groups is 1. The molecule has 2 heterocycles. The number of fused-ring (bicyclic) bond motifs is 1. The van der Waals surface area contributed by atoms with E-state index in [0.717, 1.165) is 16.6 Å². The molecule has 26 heavy (non-hydrogen) atoms. The van der Waals surface area contributed by atoms with Crippen LogP contribution < -0.4 is 5.73 Å². The highest BCUT2D eigenvalue weighted by Gasteiger charge is 2.23. The Morgan fingerprint density at radius 2 is 2.00 bits per heavy atom. The number of amides is 1. The number of carbonyl (C=O) groups excluding carboxylic acids is 1. The zero-order chi connectivity index (χ0) is 17.3. The fourth-order valence-corrected chi connectivity index (χ4v) is 2.55. The van der Waals surface area contributed by atoms with E-state index < -0.39 is 0 Å². The van der Waals surface area contributed by atoms with Gasteiger partial charge in [-0.05, 0) is 38.1 Å². The van der Waals surface area contributed by atoms with Crippen molar-refractivity contribution in [2.75, 3.05) is 13.6 Å². The molecule has 0 aliphatic rings. The number of hydrogen-bond donors (Lipinski definition) is 1. The minimum absolute atomic E-state index is 0. The Bertz CT molecular complexity index is 893. The van der Waals surface area contributed by atoms with Gasteiger partial charge >= 0.3 is 0 Å². The van der Waals surface area contributed by atoms with Gasteiger partial charge in [0, 0.05) is 31.2 Å². The summed E-state index contributed by atoms with van der Waals surface area (Å²) in [5.74, 6) is -0.185.